The predicted octanol–water partition coefficient (Wildman–Crippen LogP) is 1.31. The average Bonchev–Trinajstić information content (AvgIpc) is 2.74. The Kier molecular flexibility index (Phi) is 3.05. The third-order valence-electron chi connectivity index (χ3n) is 2.38. The molecule has 0 fully saturated rings. The third kappa shape index (κ3) is 2.49. The van der Waals surface area contributed by atoms with Crippen LogP contribution >= 0.6 is 0 Å². The first kappa shape index (κ1) is 10.9. The molecule has 5 heteroatoms. The second-order valence-electron chi connectivity index (χ2n) is 3.94. The Hall–Kier alpha value is -1.62. The van der Waals surface area contributed by atoms with Gasteiger partial charge < -0.3 is 9.84 Å². The topological polar surface area (TPSA) is 55.9 Å². The van der Waals surface area contributed by atoms with Crippen LogP contribution in [0.3, 0.4) is 0 Å². The summed E-state index contributed by atoms with van der Waals surface area (Å²) in [5.74, 6) is 0.858. The first-order valence-corrected chi connectivity index (χ1v) is 5.27. The summed E-state index contributed by atoms with van der Waals surface area (Å²) >= 11 is 0. The zero-order valence-corrected chi connectivity index (χ0v) is 9.82. The summed E-state index contributed by atoms with van der Waals surface area (Å²) in [7, 11) is 1.95. The highest BCUT2D eigenvalue weighted by Gasteiger charge is 2.03. The first-order valence-electron chi connectivity index (χ1n) is 5.27. The molecule has 16 heavy (non-hydrogen) atoms. The maximum atomic E-state index is 5.10. The van der Waals surface area contributed by atoms with Gasteiger partial charge in [0.1, 0.15) is 0 Å². The monoisotopic (exact) mass is 220 g/mol. The van der Waals surface area contributed by atoms with Gasteiger partial charge in [-0.1, -0.05) is 5.16 Å². The van der Waals surface area contributed by atoms with E-state index in [1.807, 2.05) is 31.6 Å². The molecule has 86 valence electrons. The fraction of sp³-hybridized carbons (Fsp3) is 0.455. The van der Waals surface area contributed by atoms with Gasteiger partial charge in [-0.3, -0.25) is 4.68 Å². The normalized spacial score (nSPS) is 10.9. The zero-order chi connectivity index (χ0) is 11.5. The lowest BCUT2D eigenvalue weighted by Gasteiger charge is -2.02. The van der Waals surface area contributed by atoms with Crippen molar-refractivity contribution >= 4 is 0 Å². The van der Waals surface area contributed by atoms with E-state index >= 15 is 0 Å². The minimum atomic E-state index is 0.686. The van der Waals surface area contributed by atoms with E-state index in [1.54, 1.807) is 0 Å². The predicted molar refractivity (Wildman–Crippen MR) is 59.7 cm³/mol. The molecule has 0 aliphatic heterocycles. The van der Waals surface area contributed by atoms with Crippen molar-refractivity contribution in [1.29, 1.82) is 0 Å². The van der Waals surface area contributed by atoms with Crippen LogP contribution in [0.4, 0.5) is 0 Å². The molecule has 0 bridgehead atoms. The van der Waals surface area contributed by atoms with Crippen LogP contribution in [0.2, 0.25) is 0 Å². The number of hydrogen-bond donors (Lipinski definition) is 1. The molecule has 0 spiro atoms. The number of nitrogens with zero attached hydrogens (tertiary/aromatic N) is 3. The molecule has 2 heterocycles. The summed E-state index contributed by atoms with van der Waals surface area (Å²) in [5, 5.41) is 11.4. The van der Waals surface area contributed by atoms with Crippen molar-refractivity contribution in [3.63, 3.8) is 0 Å². The summed E-state index contributed by atoms with van der Waals surface area (Å²) in [6.07, 6.45) is 0. The summed E-state index contributed by atoms with van der Waals surface area (Å²) < 4.78 is 6.99. The molecule has 0 atom stereocenters. The summed E-state index contributed by atoms with van der Waals surface area (Å²) in [4.78, 5) is 0. The molecular formula is C11H16N4O. The largest absolute Gasteiger partial charge is 0.360 e. The lowest BCUT2D eigenvalue weighted by molar-refractivity contribution is 0.368. The Morgan fingerprint density at radius 1 is 1.25 bits per heavy atom. The molecular weight excluding hydrogens is 204 g/mol. The fourth-order valence-corrected chi connectivity index (χ4v) is 1.64. The highest BCUT2D eigenvalue weighted by molar-refractivity contribution is 5.08. The van der Waals surface area contributed by atoms with Gasteiger partial charge in [0.25, 0.3) is 0 Å². The lowest BCUT2D eigenvalue weighted by Crippen LogP contribution is -2.14. The van der Waals surface area contributed by atoms with Crippen LogP contribution in [0.1, 0.15) is 22.8 Å². The van der Waals surface area contributed by atoms with Gasteiger partial charge in [0.05, 0.1) is 23.6 Å². The molecule has 0 saturated carbocycles. The molecule has 5 nitrogen and oxygen atoms in total. The van der Waals surface area contributed by atoms with Gasteiger partial charge in [0.15, 0.2) is 5.76 Å². The summed E-state index contributed by atoms with van der Waals surface area (Å²) in [6.45, 7) is 5.36. The highest BCUT2D eigenvalue weighted by atomic mass is 16.5. The molecule has 0 aromatic carbocycles. The van der Waals surface area contributed by atoms with E-state index in [4.69, 9.17) is 4.52 Å². The van der Waals surface area contributed by atoms with Gasteiger partial charge in [-0.25, -0.2) is 0 Å². The van der Waals surface area contributed by atoms with Crippen LogP contribution in [0, 0.1) is 13.8 Å². The number of aromatic nitrogens is 3. The molecule has 0 radical (unpaired) electrons. The maximum absolute atomic E-state index is 5.10. The van der Waals surface area contributed by atoms with Crippen molar-refractivity contribution in [2.24, 2.45) is 7.05 Å². The Morgan fingerprint density at radius 3 is 2.62 bits per heavy atom. The second kappa shape index (κ2) is 4.49. The number of aryl methyl sites for hydroxylation is 3. The Morgan fingerprint density at radius 2 is 2.06 bits per heavy atom. The maximum Gasteiger partial charge on any atom is 0.150 e. The van der Waals surface area contributed by atoms with Gasteiger partial charge >= 0.3 is 0 Å². The van der Waals surface area contributed by atoms with Crippen LogP contribution in [-0.2, 0) is 20.1 Å². The molecule has 0 saturated heterocycles. The van der Waals surface area contributed by atoms with Crippen LogP contribution in [0.25, 0.3) is 0 Å². The quantitative estimate of drug-likeness (QED) is 0.844. The zero-order valence-electron chi connectivity index (χ0n) is 9.82. The Balaban J connectivity index is 1.86. The smallest absolute Gasteiger partial charge is 0.150 e. The van der Waals surface area contributed by atoms with Gasteiger partial charge in [0, 0.05) is 19.7 Å². The van der Waals surface area contributed by atoms with Gasteiger partial charge in [-0.05, 0) is 19.9 Å². The van der Waals surface area contributed by atoms with Crippen LogP contribution < -0.4 is 5.32 Å². The minimum Gasteiger partial charge on any atom is -0.360 e. The van der Waals surface area contributed by atoms with Crippen LogP contribution in [0.5, 0.6) is 0 Å². The summed E-state index contributed by atoms with van der Waals surface area (Å²) in [6, 6.07) is 4.00. The summed E-state index contributed by atoms with van der Waals surface area (Å²) in [5.41, 5.74) is 3.11. The Bertz CT molecular complexity index is 472. The van der Waals surface area contributed by atoms with E-state index in [0.717, 1.165) is 29.4 Å². The van der Waals surface area contributed by atoms with E-state index in [0.29, 0.717) is 6.54 Å². The van der Waals surface area contributed by atoms with E-state index in [1.165, 1.54) is 0 Å². The molecule has 2 rings (SSSR count). The molecule has 0 amide bonds. The standard InChI is InChI=1S/C11H16N4O/c1-8-4-10(15(3)13-8)6-12-7-11-5-9(2)14-16-11/h4-5,12H,6-7H2,1-3H3. The van der Waals surface area contributed by atoms with Crippen molar-refractivity contribution < 1.29 is 4.52 Å². The lowest BCUT2D eigenvalue weighted by atomic mass is 10.3. The molecule has 0 aliphatic rings. The van der Waals surface area contributed by atoms with Gasteiger partial charge in [-0.2, -0.15) is 5.10 Å². The van der Waals surface area contributed by atoms with Crippen LogP contribution in [0.15, 0.2) is 16.7 Å². The third-order valence-corrected chi connectivity index (χ3v) is 2.38. The second-order valence-corrected chi connectivity index (χ2v) is 3.94. The average molecular weight is 220 g/mol. The minimum absolute atomic E-state index is 0.686. The number of hydrogen-bond acceptors (Lipinski definition) is 4. The van der Waals surface area contributed by atoms with E-state index in [9.17, 15) is 0 Å². The van der Waals surface area contributed by atoms with Crippen molar-refractivity contribution in [3.8, 4) is 0 Å². The molecule has 0 aliphatic carbocycles. The van der Waals surface area contributed by atoms with Gasteiger partial charge in [-0.15, -0.1) is 0 Å². The molecule has 2 aromatic heterocycles. The molecule has 0 unspecified atom stereocenters. The fourth-order valence-electron chi connectivity index (χ4n) is 1.64. The number of nitrogens with one attached hydrogen (secondary N) is 1. The van der Waals surface area contributed by atoms with Crippen molar-refractivity contribution in [2.45, 2.75) is 26.9 Å². The molecule has 2 aromatic rings. The van der Waals surface area contributed by atoms with E-state index in [2.05, 4.69) is 21.6 Å². The van der Waals surface area contributed by atoms with Crippen molar-refractivity contribution in [1.82, 2.24) is 20.3 Å². The van der Waals surface area contributed by atoms with Gasteiger partial charge in [0.2, 0.25) is 0 Å². The Labute approximate surface area is 94.4 Å². The SMILES string of the molecule is Cc1cc(CNCc2cc(C)nn2C)on1. The first-order chi connectivity index (χ1) is 7.65. The molecule has 1 N–H and O–H groups in total. The van der Waals surface area contributed by atoms with E-state index < -0.39 is 0 Å². The highest BCUT2D eigenvalue weighted by Crippen LogP contribution is 2.04. The number of rotatable bonds is 4. The van der Waals surface area contributed by atoms with Crippen molar-refractivity contribution in [2.75, 3.05) is 0 Å². The van der Waals surface area contributed by atoms with Crippen molar-refractivity contribution in [3.05, 3.63) is 35.0 Å². The van der Waals surface area contributed by atoms with E-state index in [-0.39, 0.29) is 0 Å². The van der Waals surface area contributed by atoms with Crippen LogP contribution in [-0.4, -0.2) is 14.9 Å².